The zero-order valence-corrected chi connectivity index (χ0v) is 13.8. The van der Waals surface area contributed by atoms with E-state index in [0.29, 0.717) is 11.3 Å². The highest BCUT2D eigenvalue weighted by molar-refractivity contribution is 7.80. The summed E-state index contributed by atoms with van der Waals surface area (Å²) < 4.78 is 5.07. The molecule has 0 spiro atoms. The van der Waals surface area contributed by atoms with Crippen LogP contribution in [0.5, 0.6) is 5.75 Å². The minimum Gasteiger partial charge on any atom is -0.497 e. The smallest absolute Gasteiger partial charge is 0.250 e. The number of methoxy groups -OCH3 is 1. The average Bonchev–Trinajstić information content (AvgIpc) is 2.61. The van der Waals surface area contributed by atoms with Gasteiger partial charge in [-0.2, -0.15) is 5.26 Å². The molecule has 0 atom stereocenters. The third kappa shape index (κ3) is 5.23. The van der Waals surface area contributed by atoms with Crippen LogP contribution in [0.4, 0.5) is 5.69 Å². The van der Waals surface area contributed by atoms with Gasteiger partial charge in [0.2, 0.25) is 5.91 Å². The van der Waals surface area contributed by atoms with Crippen molar-refractivity contribution in [2.24, 2.45) is 0 Å². The number of carbonyl (C=O) groups excluding carboxylic acids is 1. The Balaban J connectivity index is 1.87. The number of nitrogens with zero attached hydrogens (tertiary/aromatic N) is 1. The highest BCUT2D eigenvalue weighted by atomic mass is 32.1. The van der Waals surface area contributed by atoms with Crippen molar-refractivity contribution in [1.29, 1.82) is 5.26 Å². The van der Waals surface area contributed by atoms with Crippen molar-refractivity contribution in [3.8, 4) is 11.8 Å². The molecule has 5 nitrogen and oxygen atoms in total. The van der Waals surface area contributed by atoms with Crippen molar-refractivity contribution in [2.75, 3.05) is 12.4 Å². The highest BCUT2D eigenvalue weighted by Gasteiger charge is 2.02. The van der Waals surface area contributed by atoms with Gasteiger partial charge < -0.3 is 10.1 Å². The van der Waals surface area contributed by atoms with Crippen LogP contribution in [0, 0.1) is 11.3 Å². The summed E-state index contributed by atoms with van der Waals surface area (Å²) in [6.07, 6.45) is 3.08. The van der Waals surface area contributed by atoms with Gasteiger partial charge in [0.05, 0.1) is 18.7 Å². The number of nitriles is 1. The number of carbonyl (C=O) groups is 1. The van der Waals surface area contributed by atoms with Crippen molar-refractivity contribution in [1.82, 2.24) is 5.32 Å². The molecule has 0 heterocycles. The topological polar surface area (TPSA) is 74.2 Å². The number of hydrogen-bond donors (Lipinski definition) is 2. The number of benzene rings is 2. The second kappa shape index (κ2) is 8.46. The Morgan fingerprint density at radius 3 is 2.42 bits per heavy atom. The van der Waals surface area contributed by atoms with E-state index >= 15 is 0 Å². The maximum Gasteiger partial charge on any atom is 0.250 e. The van der Waals surface area contributed by atoms with E-state index < -0.39 is 0 Å². The molecule has 1 amide bonds. The molecular weight excluding hydrogens is 322 g/mol. The summed E-state index contributed by atoms with van der Waals surface area (Å²) in [5.41, 5.74) is 2.12. The molecule has 24 heavy (non-hydrogen) atoms. The van der Waals surface area contributed by atoms with Crippen LogP contribution in [0.3, 0.4) is 0 Å². The Kier molecular flexibility index (Phi) is 6.06. The summed E-state index contributed by atoms with van der Waals surface area (Å²) in [5.74, 6) is 0.418. The largest absolute Gasteiger partial charge is 0.497 e. The number of ether oxygens (including phenoxy) is 1. The molecule has 0 unspecified atom stereocenters. The maximum atomic E-state index is 11.8. The minimum absolute atomic E-state index is 0.184. The van der Waals surface area contributed by atoms with Crippen LogP contribution in [-0.2, 0) is 4.79 Å². The normalized spacial score (nSPS) is 10.0. The van der Waals surface area contributed by atoms with E-state index in [4.69, 9.17) is 22.2 Å². The standard InChI is InChI=1S/C18H15N3O2S/c1-23-16-9-4-13(5-10-16)6-11-17(22)21-18(24)20-15-7-2-14(12-19)3-8-15/h2-11H,1H3,(H2,20,21,22,24). The second-order valence-corrected chi connectivity index (χ2v) is 5.15. The average molecular weight is 337 g/mol. The molecule has 0 saturated carbocycles. The summed E-state index contributed by atoms with van der Waals surface area (Å²) in [6.45, 7) is 0. The highest BCUT2D eigenvalue weighted by Crippen LogP contribution is 2.12. The molecule has 2 aromatic carbocycles. The number of rotatable bonds is 4. The van der Waals surface area contributed by atoms with Crippen molar-refractivity contribution in [2.45, 2.75) is 0 Å². The van der Waals surface area contributed by atoms with Crippen LogP contribution in [0.1, 0.15) is 11.1 Å². The monoisotopic (exact) mass is 337 g/mol. The lowest BCUT2D eigenvalue weighted by Crippen LogP contribution is -2.32. The molecule has 0 fully saturated rings. The van der Waals surface area contributed by atoms with Gasteiger partial charge in [0.25, 0.3) is 0 Å². The Morgan fingerprint density at radius 1 is 1.17 bits per heavy atom. The second-order valence-electron chi connectivity index (χ2n) is 4.74. The van der Waals surface area contributed by atoms with E-state index in [-0.39, 0.29) is 11.0 Å². The Morgan fingerprint density at radius 2 is 1.83 bits per heavy atom. The predicted octanol–water partition coefficient (Wildman–Crippen LogP) is 3.09. The van der Waals surface area contributed by atoms with Crippen molar-refractivity contribution >= 4 is 35.0 Å². The van der Waals surface area contributed by atoms with Crippen LogP contribution in [0.25, 0.3) is 6.08 Å². The lowest BCUT2D eigenvalue weighted by Gasteiger charge is -2.07. The molecular formula is C18H15N3O2S. The quantitative estimate of drug-likeness (QED) is 0.662. The van der Waals surface area contributed by atoms with E-state index in [0.717, 1.165) is 11.3 Å². The number of amides is 1. The molecule has 0 bridgehead atoms. The van der Waals surface area contributed by atoms with Crippen LogP contribution in [-0.4, -0.2) is 18.1 Å². The van der Waals surface area contributed by atoms with Crippen molar-refractivity contribution < 1.29 is 9.53 Å². The van der Waals surface area contributed by atoms with E-state index in [2.05, 4.69) is 10.6 Å². The van der Waals surface area contributed by atoms with Crippen LogP contribution in [0.2, 0.25) is 0 Å². The summed E-state index contributed by atoms with van der Waals surface area (Å²) in [4.78, 5) is 11.8. The Bertz CT molecular complexity index is 791. The zero-order chi connectivity index (χ0) is 17.4. The fourth-order valence-corrected chi connectivity index (χ4v) is 2.05. The summed E-state index contributed by atoms with van der Waals surface area (Å²) >= 11 is 5.08. The first-order valence-electron chi connectivity index (χ1n) is 7.05. The van der Waals surface area contributed by atoms with Gasteiger partial charge in [-0.1, -0.05) is 12.1 Å². The molecule has 2 rings (SSSR count). The molecule has 0 aliphatic rings. The lowest BCUT2D eigenvalue weighted by molar-refractivity contribution is -0.115. The number of hydrogen-bond acceptors (Lipinski definition) is 4. The predicted molar refractivity (Wildman–Crippen MR) is 97.5 cm³/mol. The molecule has 0 radical (unpaired) electrons. The molecule has 6 heteroatoms. The molecule has 0 aromatic heterocycles. The summed E-state index contributed by atoms with van der Waals surface area (Å²) in [7, 11) is 1.60. The number of thiocarbonyl (C=S) groups is 1. The van der Waals surface area contributed by atoms with Gasteiger partial charge >= 0.3 is 0 Å². The first-order chi connectivity index (χ1) is 11.6. The SMILES string of the molecule is COc1ccc(C=CC(=O)NC(=S)Nc2ccc(C#N)cc2)cc1. The first kappa shape index (κ1) is 17.2. The fourth-order valence-electron chi connectivity index (χ4n) is 1.83. The van der Waals surface area contributed by atoms with Crippen LogP contribution in [0.15, 0.2) is 54.6 Å². The van der Waals surface area contributed by atoms with Crippen LogP contribution < -0.4 is 15.4 Å². The maximum absolute atomic E-state index is 11.8. The van der Waals surface area contributed by atoms with E-state index in [1.807, 2.05) is 30.3 Å². The lowest BCUT2D eigenvalue weighted by atomic mass is 10.2. The van der Waals surface area contributed by atoms with Crippen LogP contribution >= 0.6 is 12.2 Å². The van der Waals surface area contributed by atoms with Gasteiger partial charge in [0.15, 0.2) is 5.11 Å². The third-order valence-electron chi connectivity index (χ3n) is 3.05. The van der Waals surface area contributed by atoms with Gasteiger partial charge in [-0.3, -0.25) is 10.1 Å². The van der Waals surface area contributed by atoms with Gasteiger partial charge in [0, 0.05) is 11.8 Å². The van der Waals surface area contributed by atoms with Gasteiger partial charge in [-0.25, -0.2) is 0 Å². The minimum atomic E-state index is -0.336. The molecule has 0 aliphatic carbocycles. The molecule has 2 N–H and O–H groups in total. The molecule has 2 aromatic rings. The van der Waals surface area contributed by atoms with Gasteiger partial charge in [-0.15, -0.1) is 0 Å². The molecule has 0 saturated heterocycles. The Labute approximate surface area is 145 Å². The van der Waals surface area contributed by atoms with E-state index in [1.54, 1.807) is 37.5 Å². The van der Waals surface area contributed by atoms with E-state index in [1.165, 1.54) is 6.08 Å². The molecule has 0 aliphatic heterocycles. The molecule has 120 valence electrons. The van der Waals surface area contributed by atoms with Gasteiger partial charge in [0.1, 0.15) is 5.75 Å². The Hall–Kier alpha value is -3.17. The number of nitrogens with one attached hydrogen (secondary N) is 2. The van der Waals surface area contributed by atoms with Crippen molar-refractivity contribution in [3.05, 3.63) is 65.7 Å². The third-order valence-corrected chi connectivity index (χ3v) is 3.26. The summed E-state index contributed by atoms with van der Waals surface area (Å²) in [6, 6.07) is 16.1. The number of anilines is 1. The zero-order valence-electron chi connectivity index (χ0n) is 12.9. The van der Waals surface area contributed by atoms with Crippen molar-refractivity contribution in [3.63, 3.8) is 0 Å². The van der Waals surface area contributed by atoms with E-state index in [9.17, 15) is 4.79 Å². The summed E-state index contributed by atoms with van der Waals surface area (Å²) in [5, 5.41) is 14.4. The fraction of sp³-hybridized carbons (Fsp3) is 0.0556. The van der Waals surface area contributed by atoms with Gasteiger partial charge in [-0.05, 0) is 60.3 Å². The first-order valence-corrected chi connectivity index (χ1v) is 7.46.